The second-order valence-corrected chi connectivity index (χ2v) is 5.46. The zero-order chi connectivity index (χ0) is 14.3. The highest BCUT2D eigenvalue weighted by molar-refractivity contribution is 6.37. The Morgan fingerprint density at radius 2 is 1.37 bits per heavy atom. The molecule has 100 valence electrons. The first kappa shape index (κ1) is 14.0. The van der Waals surface area contributed by atoms with Crippen LogP contribution in [-0.4, -0.2) is 10.2 Å². The minimum atomic E-state index is -0.0425. The summed E-state index contributed by atoms with van der Waals surface area (Å²) in [6.07, 6.45) is 0. The maximum atomic E-state index is 10.2. The van der Waals surface area contributed by atoms with E-state index in [0.717, 1.165) is 16.7 Å². The van der Waals surface area contributed by atoms with Crippen LogP contribution in [0.1, 0.15) is 16.7 Å². The number of rotatable bonds is 1. The largest absolute Gasteiger partial charge is 0.507 e. The summed E-state index contributed by atoms with van der Waals surface area (Å²) in [5.41, 5.74) is 3.88. The van der Waals surface area contributed by atoms with E-state index in [2.05, 4.69) is 0 Å². The number of hydrogen-bond acceptors (Lipinski definition) is 2. The average molecular weight is 297 g/mol. The lowest BCUT2D eigenvalue weighted by Gasteiger charge is -2.16. The molecule has 0 amide bonds. The zero-order valence-corrected chi connectivity index (χ0v) is 12.4. The van der Waals surface area contributed by atoms with Crippen molar-refractivity contribution in [2.24, 2.45) is 0 Å². The van der Waals surface area contributed by atoms with Crippen molar-refractivity contribution < 1.29 is 10.2 Å². The van der Waals surface area contributed by atoms with Crippen LogP contribution in [0.2, 0.25) is 10.0 Å². The van der Waals surface area contributed by atoms with E-state index in [1.807, 2.05) is 20.8 Å². The molecule has 0 fully saturated rings. The molecule has 0 unspecified atom stereocenters. The van der Waals surface area contributed by atoms with E-state index >= 15 is 0 Å². The van der Waals surface area contributed by atoms with Gasteiger partial charge in [0.2, 0.25) is 0 Å². The van der Waals surface area contributed by atoms with E-state index in [1.165, 1.54) is 6.07 Å². The number of benzene rings is 2. The van der Waals surface area contributed by atoms with E-state index < -0.39 is 0 Å². The van der Waals surface area contributed by atoms with E-state index in [-0.39, 0.29) is 11.5 Å². The van der Waals surface area contributed by atoms with Gasteiger partial charge in [-0.25, -0.2) is 0 Å². The monoisotopic (exact) mass is 296 g/mol. The summed E-state index contributed by atoms with van der Waals surface area (Å²) >= 11 is 12.0. The molecule has 2 aromatic rings. The molecule has 0 spiro atoms. The Hall–Kier alpha value is -1.38. The maximum absolute atomic E-state index is 10.2. The SMILES string of the molecule is Cc1cc(O)c(-c2c(O)cc(Cl)cc2Cl)c(C)c1C. The Bertz CT molecular complexity index is 641. The molecule has 4 heteroatoms. The first-order valence-electron chi connectivity index (χ1n) is 5.81. The lowest BCUT2D eigenvalue weighted by molar-refractivity contribution is 0.468. The van der Waals surface area contributed by atoms with Gasteiger partial charge in [0.1, 0.15) is 11.5 Å². The minimum absolute atomic E-state index is 0.0425. The third-order valence-electron chi connectivity index (χ3n) is 3.42. The number of aryl methyl sites for hydroxylation is 1. The van der Waals surface area contributed by atoms with Crippen molar-refractivity contribution in [3.63, 3.8) is 0 Å². The summed E-state index contributed by atoms with van der Waals surface area (Å²) in [4.78, 5) is 0. The van der Waals surface area contributed by atoms with Crippen molar-refractivity contribution in [1.82, 2.24) is 0 Å². The fourth-order valence-electron chi connectivity index (χ4n) is 2.18. The average Bonchev–Trinajstić information content (AvgIpc) is 2.29. The van der Waals surface area contributed by atoms with Crippen LogP contribution in [0.5, 0.6) is 11.5 Å². The lowest BCUT2D eigenvalue weighted by atomic mass is 9.92. The third-order valence-corrected chi connectivity index (χ3v) is 3.94. The smallest absolute Gasteiger partial charge is 0.126 e. The second kappa shape index (κ2) is 4.95. The highest BCUT2D eigenvalue weighted by atomic mass is 35.5. The molecule has 2 rings (SSSR count). The Labute approximate surface area is 122 Å². The van der Waals surface area contributed by atoms with Crippen LogP contribution in [-0.2, 0) is 0 Å². The summed E-state index contributed by atoms with van der Waals surface area (Å²) in [6.45, 7) is 5.78. The van der Waals surface area contributed by atoms with Crippen molar-refractivity contribution in [2.45, 2.75) is 20.8 Å². The van der Waals surface area contributed by atoms with E-state index in [0.29, 0.717) is 21.2 Å². The van der Waals surface area contributed by atoms with Gasteiger partial charge in [0.05, 0.1) is 5.02 Å². The van der Waals surface area contributed by atoms with E-state index in [9.17, 15) is 10.2 Å². The van der Waals surface area contributed by atoms with Gasteiger partial charge in [-0.15, -0.1) is 0 Å². The molecular weight excluding hydrogens is 283 g/mol. The van der Waals surface area contributed by atoms with Crippen LogP contribution in [0.4, 0.5) is 0 Å². The van der Waals surface area contributed by atoms with Gasteiger partial charge in [-0.05, 0) is 55.7 Å². The molecule has 0 saturated carbocycles. The van der Waals surface area contributed by atoms with Gasteiger partial charge in [0.25, 0.3) is 0 Å². The van der Waals surface area contributed by atoms with Crippen molar-refractivity contribution in [3.8, 4) is 22.6 Å². The van der Waals surface area contributed by atoms with Gasteiger partial charge < -0.3 is 10.2 Å². The Morgan fingerprint density at radius 3 is 1.95 bits per heavy atom. The van der Waals surface area contributed by atoms with Crippen LogP contribution in [0.15, 0.2) is 18.2 Å². The molecule has 2 nitrogen and oxygen atoms in total. The number of phenols is 2. The molecule has 0 radical (unpaired) electrons. The molecule has 19 heavy (non-hydrogen) atoms. The fourth-order valence-corrected chi connectivity index (χ4v) is 2.76. The molecular formula is C15H14Cl2O2. The molecule has 0 saturated heterocycles. The number of aromatic hydroxyl groups is 2. The first-order chi connectivity index (χ1) is 8.82. The van der Waals surface area contributed by atoms with Gasteiger partial charge in [0, 0.05) is 16.1 Å². The van der Waals surface area contributed by atoms with Crippen LogP contribution in [0, 0.1) is 20.8 Å². The van der Waals surface area contributed by atoms with Crippen LogP contribution in [0.25, 0.3) is 11.1 Å². The number of phenolic OH excluding ortho intramolecular Hbond substituents is 2. The lowest BCUT2D eigenvalue weighted by Crippen LogP contribution is -1.93. The zero-order valence-electron chi connectivity index (χ0n) is 10.9. The molecule has 2 N–H and O–H groups in total. The standard InChI is InChI=1S/C15H14Cl2O2/c1-7-4-12(18)14(9(3)8(7)2)15-11(17)5-10(16)6-13(15)19/h4-6,18-19H,1-3H3. The Morgan fingerprint density at radius 1 is 0.789 bits per heavy atom. The van der Waals surface area contributed by atoms with Crippen molar-refractivity contribution >= 4 is 23.2 Å². The summed E-state index contributed by atoms with van der Waals surface area (Å²) in [6, 6.07) is 4.63. The van der Waals surface area contributed by atoms with Gasteiger partial charge in [-0.2, -0.15) is 0 Å². The predicted octanol–water partition coefficient (Wildman–Crippen LogP) is 5.00. The third kappa shape index (κ3) is 2.38. The molecule has 0 heterocycles. The number of hydrogen-bond donors (Lipinski definition) is 2. The van der Waals surface area contributed by atoms with Gasteiger partial charge in [-0.3, -0.25) is 0 Å². The van der Waals surface area contributed by atoms with Crippen molar-refractivity contribution in [2.75, 3.05) is 0 Å². The van der Waals surface area contributed by atoms with E-state index in [4.69, 9.17) is 23.2 Å². The molecule has 0 aliphatic heterocycles. The van der Waals surface area contributed by atoms with Crippen LogP contribution in [0.3, 0.4) is 0 Å². The van der Waals surface area contributed by atoms with Crippen molar-refractivity contribution in [3.05, 3.63) is 44.9 Å². The Kier molecular flexibility index (Phi) is 3.66. The summed E-state index contributed by atoms with van der Waals surface area (Å²) in [5.74, 6) is 0.0549. The predicted molar refractivity (Wildman–Crippen MR) is 79.4 cm³/mol. The maximum Gasteiger partial charge on any atom is 0.126 e. The highest BCUT2D eigenvalue weighted by Gasteiger charge is 2.18. The topological polar surface area (TPSA) is 40.5 Å². The number of halogens is 2. The fraction of sp³-hybridized carbons (Fsp3) is 0.200. The molecule has 0 atom stereocenters. The molecule has 2 aromatic carbocycles. The van der Waals surface area contributed by atoms with Crippen molar-refractivity contribution in [1.29, 1.82) is 0 Å². The van der Waals surface area contributed by atoms with Gasteiger partial charge >= 0.3 is 0 Å². The molecule has 0 aliphatic rings. The van der Waals surface area contributed by atoms with Gasteiger partial charge in [-0.1, -0.05) is 23.2 Å². The normalized spacial score (nSPS) is 10.8. The van der Waals surface area contributed by atoms with E-state index in [1.54, 1.807) is 12.1 Å². The van der Waals surface area contributed by atoms with Gasteiger partial charge in [0.15, 0.2) is 0 Å². The second-order valence-electron chi connectivity index (χ2n) is 4.62. The summed E-state index contributed by atoms with van der Waals surface area (Å²) < 4.78 is 0. The Balaban J connectivity index is 2.84. The highest BCUT2D eigenvalue weighted by Crippen LogP contribution is 2.45. The molecule has 0 bridgehead atoms. The minimum Gasteiger partial charge on any atom is -0.507 e. The molecule has 0 aliphatic carbocycles. The van der Waals surface area contributed by atoms with Crippen LogP contribution >= 0.6 is 23.2 Å². The quantitative estimate of drug-likeness (QED) is 0.778. The first-order valence-corrected chi connectivity index (χ1v) is 6.56. The molecule has 0 aromatic heterocycles. The van der Waals surface area contributed by atoms with Crippen LogP contribution < -0.4 is 0 Å². The summed E-state index contributed by atoms with van der Waals surface area (Å²) in [5, 5.41) is 20.9. The summed E-state index contributed by atoms with van der Waals surface area (Å²) in [7, 11) is 0.